The molecule has 1 aromatic carbocycles. The van der Waals surface area contributed by atoms with E-state index in [-0.39, 0.29) is 23.2 Å². The summed E-state index contributed by atoms with van der Waals surface area (Å²) in [6, 6.07) is 6.64. The van der Waals surface area contributed by atoms with Crippen LogP contribution in [0.4, 0.5) is 0 Å². The fourth-order valence-corrected chi connectivity index (χ4v) is 2.53. The molecule has 3 rings (SSSR count). The van der Waals surface area contributed by atoms with Crippen molar-refractivity contribution < 1.29 is 13.9 Å². The number of benzene rings is 1. The molecule has 1 fully saturated rings. The van der Waals surface area contributed by atoms with Crippen molar-refractivity contribution in [2.45, 2.75) is 20.0 Å². The van der Waals surface area contributed by atoms with E-state index in [4.69, 9.17) is 9.15 Å². The highest BCUT2D eigenvalue weighted by atomic mass is 16.5. The summed E-state index contributed by atoms with van der Waals surface area (Å²) >= 11 is 0. The predicted octanol–water partition coefficient (Wildman–Crippen LogP) is 1.96. The zero-order valence-electron chi connectivity index (χ0n) is 12.1. The average molecular weight is 287 g/mol. The van der Waals surface area contributed by atoms with Gasteiger partial charge in [-0.1, -0.05) is 11.6 Å². The highest BCUT2D eigenvalue weighted by molar-refractivity contribution is 5.93. The van der Waals surface area contributed by atoms with Crippen molar-refractivity contribution in [2.75, 3.05) is 19.7 Å². The molecule has 5 heteroatoms. The molecule has 1 aliphatic heterocycles. The van der Waals surface area contributed by atoms with Crippen molar-refractivity contribution in [1.29, 1.82) is 0 Å². The van der Waals surface area contributed by atoms with Crippen LogP contribution in [-0.2, 0) is 4.74 Å². The predicted molar refractivity (Wildman–Crippen MR) is 78.5 cm³/mol. The number of rotatable bonds is 1. The molecule has 0 bridgehead atoms. The number of amides is 1. The molecule has 0 radical (unpaired) electrons. The Morgan fingerprint density at radius 1 is 1.33 bits per heavy atom. The Balaban J connectivity index is 1.99. The van der Waals surface area contributed by atoms with Crippen LogP contribution < -0.4 is 5.43 Å². The van der Waals surface area contributed by atoms with Gasteiger partial charge in [0, 0.05) is 19.2 Å². The third kappa shape index (κ3) is 2.69. The first-order chi connectivity index (χ1) is 10.0. The number of fused-ring (bicyclic) bond motifs is 1. The van der Waals surface area contributed by atoms with Crippen molar-refractivity contribution in [3.05, 3.63) is 45.8 Å². The second-order valence-electron chi connectivity index (χ2n) is 5.41. The summed E-state index contributed by atoms with van der Waals surface area (Å²) < 4.78 is 11.0. The average Bonchev–Trinajstić information content (AvgIpc) is 2.47. The number of ether oxygens (including phenoxy) is 1. The van der Waals surface area contributed by atoms with Gasteiger partial charge in [0.05, 0.1) is 18.1 Å². The van der Waals surface area contributed by atoms with E-state index in [2.05, 4.69) is 0 Å². The van der Waals surface area contributed by atoms with E-state index in [0.717, 1.165) is 5.56 Å². The number of aryl methyl sites for hydroxylation is 1. The molecule has 2 heterocycles. The maximum atomic E-state index is 12.4. The summed E-state index contributed by atoms with van der Waals surface area (Å²) in [6.45, 7) is 5.35. The lowest BCUT2D eigenvalue weighted by Gasteiger charge is -2.30. The molecule has 0 N–H and O–H groups in total. The molecule has 1 atom stereocenters. The van der Waals surface area contributed by atoms with Gasteiger partial charge in [-0.25, -0.2) is 0 Å². The fraction of sp³-hybridized carbons (Fsp3) is 0.375. The molecule has 1 amide bonds. The maximum absolute atomic E-state index is 12.4. The number of morpholine rings is 1. The Morgan fingerprint density at radius 2 is 2.14 bits per heavy atom. The van der Waals surface area contributed by atoms with Crippen LogP contribution in [-0.4, -0.2) is 36.6 Å². The van der Waals surface area contributed by atoms with Gasteiger partial charge >= 0.3 is 0 Å². The van der Waals surface area contributed by atoms with Gasteiger partial charge in [0.25, 0.3) is 5.91 Å². The van der Waals surface area contributed by atoms with E-state index in [1.807, 2.05) is 19.9 Å². The molecule has 1 aliphatic rings. The number of hydrogen-bond acceptors (Lipinski definition) is 4. The van der Waals surface area contributed by atoms with Crippen LogP contribution in [0.15, 0.2) is 33.5 Å². The van der Waals surface area contributed by atoms with Gasteiger partial charge in [-0.2, -0.15) is 0 Å². The summed E-state index contributed by atoms with van der Waals surface area (Å²) in [5, 5.41) is 0.502. The highest BCUT2D eigenvalue weighted by Crippen LogP contribution is 2.16. The summed E-state index contributed by atoms with van der Waals surface area (Å²) in [5.74, 6) is -0.171. The number of hydrogen-bond donors (Lipinski definition) is 0. The first-order valence-electron chi connectivity index (χ1n) is 7.00. The molecule has 110 valence electrons. The van der Waals surface area contributed by atoms with E-state index in [1.54, 1.807) is 17.0 Å². The minimum absolute atomic E-state index is 0.00229. The van der Waals surface area contributed by atoms with E-state index in [0.29, 0.717) is 30.7 Å². The molecule has 1 unspecified atom stereocenters. The molecule has 0 spiro atoms. The first kappa shape index (κ1) is 13.8. The second kappa shape index (κ2) is 5.33. The summed E-state index contributed by atoms with van der Waals surface area (Å²) in [6.07, 6.45) is -0.00229. The SMILES string of the molecule is Cc1ccc2oc(C(=O)N3CCOC(C)C3)cc(=O)c2c1. The fourth-order valence-electron chi connectivity index (χ4n) is 2.53. The summed E-state index contributed by atoms with van der Waals surface area (Å²) in [4.78, 5) is 26.3. The van der Waals surface area contributed by atoms with Gasteiger partial charge in [0.1, 0.15) is 5.58 Å². The molecule has 1 aromatic heterocycles. The zero-order valence-corrected chi connectivity index (χ0v) is 12.1. The van der Waals surface area contributed by atoms with Crippen LogP contribution in [0.3, 0.4) is 0 Å². The lowest BCUT2D eigenvalue weighted by Crippen LogP contribution is -2.44. The minimum Gasteiger partial charge on any atom is -0.451 e. The number of carbonyl (C=O) groups excluding carboxylic acids is 1. The van der Waals surface area contributed by atoms with Crippen molar-refractivity contribution in [2.24, 2.45) is 0 Å². The van der Waals surface area contributed by atoms with Gasteiger partial charge in [0.2, 0.25) is 0 Å². The van der Waals surface area contributed by atoms with Crippen LogP contribution in [0.5, 0.6) is 0 Å². The number of nitrogens with zero attached hydrogens (tertiary/aromatic N) is 1. The van der Waals surface area contributed by atoms with Crippen LogP contribution >= 0.6 is 0 Å². The van der Waals surface area contributed by atoms with Crippen molar-refractivity contribution >= 4 is 16.9 Å². The molecule has 0 saturated carbocycles. The van der Waals surface area contributed by atoms with Gasteiger partial charge in [-0.15, -0.1) is 0 Å². The number of carbonyl (C=O) groups is 1. The van der Waals surface area contributed by atoms with Gasteiger partial charge < -0.3 is 14.1 Å². The highest BCUT2D eigenvalue weighted by Gasteiger charge is 2.24. The van der Waals surface area contributed by atoms with Crippen molar-refractivity contribution in [1.82, 2.24) is 4.90 Å². The Bertz CT molecular complexity index is 750. The first-order valence-corrected chi connectivity index (χ1v) is 7.00. The Labute approximate surface area is 122 Å². The standard InChI is InChI=1S/C16H17NO4/c1-10-3-4-14-12(7-10)13(18)8-15(21-14)16(19)17-5-6-20-11(2)9-17/h3-4,7-8,11H,5-6,9H2,1-2H3. The van der Waals surface area contributed by atoms with Gasteiger partial charge in [0.15, 0.2) is 11.2 Å². The maximum Gasteiger partial charge on any atom is 0.289 e. The molecule has 5 nitrogen and oxygen atoms in total. The van der Waals surface area contributed by atoms with Crippen LogP contribution in [0.2, 0.25) is 0 Å². The molecule has 21 heavy (non-hydrogen) atoms. The normalized spacial score (nSPS) is 19.0. The topological polar surface area (TPSA) is 59.8 Å². The lowest BCUT2D eigenvalue weighted by atomic mass is 10.1. The lowest BCUT2D eigenvalue weighted by molar-refractivity contribution is -0.0134. The largest absolute Gasteiger partial charge is 0.451 e. The smallest absolute Gasteiger partial charge is 0.289 e. The second-order valence-corrected chi connectivity index (χ2v) is 5.41. The van der Waals surface area contributed by atoms with Crippen LogP contribution in [0.1, 0.15) is 23.0 Å². The third-order valence-electron chi connectivity index (χ3n) is 3.62. The summed E-state index contributed by atoms with van der Waals surface area (Å²) in [5.41, 5.74) is 1.23. The van der Waals surface area contributed by atoms with E-state index >= 15 is 0 Å². The van der Waals surface area contributed by atoms with Crippen LogP contribution in [0.25, 0.3) is 11.0 Å². The van der Waals surface area contributed by atoms with Crippen molar-refractivity contribution in [3.63, 3.8) is 0 Å². The van der Waals surface area contributed by atoms with Gasteiger partial charge in [-0.05, 0) is 26.0 Å². The third-order valence-corrected chi connectivity index (χ3v) is 3.62. The van der Waals surface area contributed by atoms with E-state index < -0.39 is 0 Å². The van der Waals surface area contributed by atoms with E-state index in [9.17, 15) is 9.59 Å². The zero-order chi connectivity index (χ0) is 15.0. The minimum atomic E-state index is -0.260. The molecule has 0 aliphatic carbocycles. The monoisotopic (exact) mass is 287 g/mol. The molecular formula is C16H17NO4. The Hall–Kier alpha value is -2.14. The van der Waals surface area contributed by atoms with Gasteiger partial charge in [-0.3, -0.25) is 9.59 Å². The summed E-state index contributed by atoms with van der Waals surface area (Å²) in [7, 11) is 0. The quantitative estimate of drug-likeness (QED) is 0.804. The van der Waals surface area contributed by atoms with Crippen LogP contribution in [0, 0.1) is 6.92 Å². The Kier molecular flexibility index (Phi) is 3.51. The molecular weight excluding hydrogens is 270 g/mol. The molecule has 2 aromatic rings. The van der Waals surface area contributed by atoms with E-state index in [1.165, 1.54) is 6.07 Å². The molecule has 1 saturated heterocycles. The van der Waals surface area contributed by atoms with Crippen molar-refractivity contribution in [3.8, 4) is 0 Å². The Morgan fingerprint density at radius 3 is 2.90 bits per heavy atom.